The maximum absolute atomic E-state index is 11.6. The molecule has 1 rings (SSSR count). The molecule has 0 aliphatic rings. The summed E-state index contributed by atoms with van der Waals surface area (Å²) in [5.41, 5.74) is -0.567. The Morgan fingerprint density at radius 1 is 1.31 bits per heavy atom. The molecule has 0 amide bonds. The van der Waals surface area contributed by atoms with Crippen LogP contribution in [-0.4, -0.2) is 17.5 Å². The Morgan fingerprint density at radius 3 is 2.50 bits per heavy atom. The predicted octanol–water partition coefficient (Wildman–Crippen LogP) is 2.35. The molecule has 0 unspecified atom stereocenters. The van der Waals surface area contributed by atoms with E-state index in [4.69, 9.17) is 21.1 Å². The molecule has 1 aromatic rings. The molecule has 0 saturated heterocycles. The van der Waals surface area contributed by atoms with E-state index in [1.165, 1.54) is 26.0 Å². The van der Waals surface area contributed by atoms with Crippen molar-refractivity contribution in [3.05, 3.63) is 29.8 Å². The molecule has 1 aromatic carbocycles. The summed E-state index contributed by atoms with van der Waals surface area (Å²) in [4.78, 5) is 22.4. The number of alkyl halides is 1. The number of hydrogen-bond donors (Lipinski definition) is 0. The van der Waals surface area contributed by atoms with E-state index in [0.717, 1.165) is 0 Å². The Morgan fingerprint density at radius 2 is 1.94 bits per heavy atom. The van der Waals surface area contributed by atoms with Crippen LogP contribution in [-0.2, 0) is 9.53 Å². The molecule has 16 heavy (non-hydrogen) atoms. The van der Waals surface area contributed by atoms with E-state index < -0.39 is 17.5 Å². The van der Waals surface area contributed by atoms with Crippen LogP contribution in [0.2, 0.25) is 0 Å². The van der Waals surface area contributed by atoms with E-state index in [2.05, 4.69) is 0 Å². The summed E-state index contributed by atoms with van der Waals surface area (Å²) in [6.45, 7) is 2.78. The fraction of sp³-hybridized carbons (Fsp3) is 0.273. The Labute approximate surface area is 98.1 Å². The standard InChI is InChI=1S/C11H11ClO4/c1-7(12)15-11(14)9-5-3-4-6-10(9)16-8(2)13/h3-7H,1-2H3/t7-/m1/s1. The van der Waals surface area contributed by atoms with Crippen molar-refractivity contribution in [2.45, 2.75) is 19.4 Å². The van der Waals surface area contributed by atoms with Crippen molar-refractivity contribution in [2.24, 2.45) is 0 Å². The molecule has 0 aliphatic carbocycles. The Kier molecular flexibility index (Phi) is 4.31. The molecule has 0 fully saturated rings. The summed E-state index contributed by atoms with van der Waals surface area (Å²) in [7, 11) is 0. The van der Waals surface area contributed by atoms with Crippen LogP contribution in [0.5, 0.6) is 5.75 Å². The first-order valence-corrected chi connectivity index (χ1v) is 5.07. The lowest BCUT2D eigenvalue weighted by Crippen LogP contribution is -2.12. The Balaban J connectivity index is 2.94. The SMILES string of the molecule is CC(=O)Oc1ccccc1C(=O)O[C@H](C)Cl. The molecule has 86 valence electrons. The first-order valence-electron chi connectivity index (χ1n) is 4.63. The number of hydrogen-bond acceptors (Lipinski definition) is 4. The number of rotatable bonds is 3. The van der Waals surface area contributed by atoms with Gasteiger partial charge in [0.1, 0.15) is 11.3 Å². The van der Waals surface area contributed by atoms with Crippen molar-refractivity contribution >= 4 is 23.5 Å². The third-order valence-corrected chi connectivity index (χ3v) is 1.72. The molecule has 0 radical (unpaired) electrons. The number of benzene rings is 1. The molecule has 5 heteroatoms. The van der Waals surface area contributed by atoms with Crippen LogP contribution in [0.1, 0.15) is 24.2 Å². The van der Waals surface area contributed by atoms with Gasteiger partial charge in [0.15, 0.2) is 5.56 Å². The van der Waals surface area contributed by atoms with Crippen molar-refractivity contribution in [2.75, 3.05) is 0 Å². The quantitative estimate of drug-likeness (QED) is 0.464. The number of para-hydroxylation sites is 1. The minimum absolute atomic E-state index is 0.164. The van der Waals surface area contributed by atoms with Gasteiger partial charge in [0.2, 0.25) is 0 Å². The molecule has 0 heterocycles. The fourth-order valence-corrected chi connectivity index (χ4v) is 1.17. The van der Waals surface area contributed by atoms with Crippen molar-refractivity contribution in [3.63, 3.8) is 0 Å². The highest BCUT2D eigenvalue weighted by molar-refractivity contribution is 6.20. The largest absolute Gasteiger partial charge is 0.443 e. The Bertz CT molecular complexity index is 401. The van der Waals surface area contributed by atoms with E-state index >= 15 is 0 Å². The van der Waals surface area contributed by atoms with Gasteiger partial charge in [-0.1, -0.05) is 23.7 Å². The molecule has 0 spiro atoms. The number of esters is 2. The maximum atomic E-state index is 11.6. The Hall–Kier alpha value is -1.55. The minimum atomic E-state index is -0.738. The summed E-state index contributed by atoms with van der Waals surface area (Å²) in [6, 6.07) is 6.30. The van der Waals surface area contributed by atoms with Gasteiger partial charge < -0.3 is 9.47 Å². The number of carbonyl (C=O) groups is 2. The maximum Gasteiger partial charge on any atom is 0.343 e. The second-order valence-corrected chi connectivity index (χ2v) is 3.65. The summed E-state index contributed by atoms with van der Waals surface area (Å²) < 4.78 is 9.66. The average molecular weight is 243 g/mol. The third-order valence-electron chi connectivity index (χ3n) is 1.63. The second-order valence-electron chi connectivity index (χ2n) is 3.04. The summed E-state index contributed by atoms with van der Waals surface area (Å²) in [6.07, 6.45) is 0. The summed E-state index contributed by atoms with van der Waals surface area (Å²) in [5, 5.41) is 0. The highest BCUT2D eigenvalue weighted by Crippen LogP contribution is 2.20. The van der Waals surface area contributed by atoms with Crippen LogP contribution in [0, 0.1) is 0 Å². The number of ether oxygens (including phenoxy) is 2. The van der Waals surface area contributed by atoms with Crippen molar-refractivity contribution in [1.29, 1.82) is 0 Å². The summed E-state index contributed by atoms with van der Waals surface area (Å²) in [5.74, 6) is -0.962. The number of carbonyl (C=O) groups excluding carboxylic acids is 2. The minimum Gasteiger partial charge on any atom is -0.443 e. The highest BCUT2D eigenvalue weighted by atomic mass is 35.5. The van der Waals surface area contributed by atoms with Crippen LogP contribution in [0.4, 0.5) is 0 Å². The topological polar surface area (TPSA) is 52.6 Å². The molecular weight excluding hydrogens is 232 g/mol. The van der Waals surface area contributed by atoms with Gasteiger partial charge in [-0.2, -0.15) is 0 Å². The van der Waals surface area contributed by atoms with E-state index in [1.54, 1.807) is 12.1 Å². The molecule has 1 atom stereocenters. The van der Waals surface area contributed by atoms with Crippen molar-refractivity contribution in [3.8, 4) is 5.75 Å². The lowest BCUT2D eigenvalue weighted by molar-refractivity contribution is -0.131. The van der Waals surface area contributed by atoms with E-state index in [1.807, 2.05) is 0 Å². The molecule has 0 aliphatic heterocycles. The van der Waals surface area contributed by atoms with Gasteiger partial charge in [-0.3, -0.25) is 4.79 Å². The third kappa shape index (κ3) is 3.55. The zero-order valence-corrected chi connectivity index (χ0v) is 9.65. The first-order chi connectivity index (χ1) is 7.50. The fourth-order valence-electron chi connectivity index (χ4n) is 1.09. The monoisotopic (exact) mass is 242 g/mol. The van der Waals surface area contributed by atoms with Gasteiger partial charge in [0, 0.05) is 6.92 Å². The second kappa shape index (κ2) is 5.51. The van der Waals surface area contributed by atoms with Crippen molar-refractivity contribution < 1.29 is 19.1 Å². The zero-order valence-electron chi connectivity index (χ0n) is 8.90. The molecular formula is C11H11ClO4. The normalized spacial score (nSPS) is 11.7. The number of halogens is 1. The molecule has 0 saturated carbocycles. The highest BCUT2D eigenvalue weighted by Gasteiger charge is 2.16. The smallest absolute Gasteiger partial charge is 0.343 e. The van der Waals surface area contributed by atoms with Gasteiger partial charge in [-0.25, -0.2) is 4.79 Å². The summed E-state index contributed by atoms with van der Waals surface area (Å²) >= 11 is 5.53. The molecule has 4 nitrogen and oxygen atoms in total. The van der Waals surface area contributed by atoms with Gasteiger partial charge in [-0.05, 0) is 19.1 Å². The van der Waals surface area contributed by atoms with Gasteiger partial charge in [0.25, 0.3) is 0 Å². The van der Waals surface area contributed by atoms with E-state index in [0.29, 0.717) is 0 Å². The lowest BCUT2D eigenvalue weighted by atomic mass is 10.2. The van der Waals surface area contributed by atoms with E-state index in [-0.39, 0.29) is 11.3 Å². The first kappa shape index (κ1) is 12.5. The molecule has 0 aromatic heterocycles. The van der Waals surface area contributed by atoms with Crippen LogP contribution in [0.15, 0.2) is 24.3 Å². The van der Waals surface area contributed by atoms with E-state index in [9.17, 15) is 9.59 Å². The van der Waals surface area contributed by atoms with Gasteiger partial charge >= 0.3 is 11.9 Å². The predicted molar refractivity (Wildman–Crippen MR) is 58.5 cm³/mol. The van der Waals surface area contributed by atoms with Crippen LogP contribution >= 0.6 is 11.6 Å². The van der Waals surface area contributed by atoms with Crippen LogP contribution in [0.25, 0.3) is 0 Å². The van der Waals surface area contributed by atoms with Crippen molar-refractivity contribution in [1.82, 2.24) is 0 Å². The molecule has 0 bridgehead atoms. The zero-order chi connectivity index (χ0) is 12.1. The van der Waals surface area contributed by atoms with Crippen LogP contribution in [0.3, 0.4) is 0 Å². The van der Waals surface area contributed by atoms with Crippen LogP contribution < -0.4 is 4.74 Å². The van der Waals surface area contributed by atoms with Gasteiger partial charge in [0.05, 0.1) is 0 Å². The average Bonchev–Trinajstić information content (AvgIpc) is 2.16. The van der Waals surface area contributed by atoms with Gasteiger partial charge in [-0.15, -0.1) is 0 Å². The lowest BCUT2D eigenvalue weighted by Gasteiger charge is -2.09. The molecule has 0 N–H and O–H groups in total.